The molecule has 0 spiro atoms. The monoisotopic (exact) mass is 207 g/mol. The Morgan fingerprint density at radius 3 is 2.33 bits per heavy atom. The van der Waals surface area contributed by atoms with E-state index in [1.165, 1.54) is 38.5 Å². The lowest BCUT2D eigenvalue weighted by molar-refractivity contribution is -0.135. The molecule has 1 N–H and O–H groups in total. The lowest BCUT2D eigenvalue weighted by Crippen LogP contribution is -2.44. The maximum Gasteiger partial charge on any atom is 0.225 e. The molecule has 2 nitrogen and oxygen atoms in total. The van der Waals surface area contributed by atoms with Crippen LogP contribution in [0.5, 0.6) is 0 Å². The summed E-state index contributed by atoms with van der Waals surface area (Å²) in [7, 11) is 1.80. The van der Waals surface area contributed by atoms with Crippen LogP contribution in [-0.2, 0) is 4.79 Å². The number of carbonyl (C=O) groups excluding carboxylic acids is 1. The Morgan fingerprint density at radius 2 is 1.73 bits per heavy atom. The molecule has 0 saturated heterocycles. The van der Waals surface area contributed by atoms with Crippen molar-refractivity contribution in [3.63, 3.8) is 0 Å². The van der Waals surface area contributed by atoms with Crippen LogP contribution in [0.1, 0.15) is 44.9 Å². The fourth-order valence-electron chi connectivity index (χ4n) is 4.71. The van der Waals surface area contributed by atoms with Gasteiger partial charge in [-0.25, -0.2) is 0 Å². The van der Waals surface area contributed by atoms with Gasteiger partial charge in [0.1, 0.15) is 0 Å². The maximum absolute atomic E-state index is 12.1. The molecule has 0 aliphatic heterocycles. The molecule has 2 unspecified atom stereocenters. The van der Waals surface area contributed by atoms with E-state index in [0.29, 0.717) is 5.91 Å². The third kappa shape index (κ3) is 1.41. The van der Waals surface area contributed by atoms with Crippen molar-refractivity contribution in [2.45, 2.75) is 44.9 Å². The summed E-state index contributed by atoms with van der Waals surface area (Å²) in [5.74, 6) is 3.01. The first kappa shape index (κ1) is 9.68. The smallest absolute Gasteiger partial charge is 0.225 e. The predicted octanol–water partition coefficient (Wildman–Crippen LogP) is 2.34. The summed E-state index contributed by atoms with van der Waals surface area (Å²) in [6, 6.07) is 0. The molecule has 1 amide bonds. The quantitative estimate of drug-likeness (QED) is 0.702. The molecular formula is C13H21NO. The molecule has 0 radical (unpaired) electrons. The van der Waals surface area contributed by atoms with Crippen LogP contribution in [0.25, 0.3) is 0 Å². The summed E-state index contributed by atoms with van der Waals surface area (Å²) in [4.78, 5) is 12.1. The number of hydrogen-bond donors (Lipinski definition) is 1. The minimum Gasteiger partial charge on any atom is -0.359 e. The maximum atomic E-state index is 12.1. The highest BCUT2D eigenvalue weighted by Gasteiger charge is 2.50. The van der Waals surface area contributed by atoms with Crippen LogP contribution in [-0.4, -0.2) is 13.0 Å². The van der Waals surface area contributed by atoms with Crippen molar-refractivity contribution in [2.24, 2.45) is 23.2 Å². The van der Waals surface area contributed by atoms with E-state index in [0.717, 1.165) is 24.2 Å². The van der Waals surface area contributed by atoms with Crippen molar-refractivity contribution in [3.05, 3.63) is 0 Å². The zero-order valence-corrected chi connectivity index (χ0v) is 9.59. The molecule has 0 heterocycles. The van der Waals surface area contributed by atoms with Crippen molar-refractivity contribution in [1.82, 2.24) is 5.32 Å². The third-order valence-corrected chi connectivity index (χ3v) is 5.10. The minimum atomic E-state index is 0.0353. The van der Waals surface area contributed by atoms with Gasteiger partial charge in [0, 0.05) is 12.5 Å². The van der Waals surface area contributed by atoms with Crippen LogP contribution >= 0.6 is 0 Å². The van der Waals surface area contributed by atoms with E-state index in [9.17, 15) is 4.79 Å². The number of amides is 1. The SMILES string of the molecule is CNC(=O)C12CCC3C[C@H](C[C@H](C3)C1)C2. The molecule has 4 aliphatic carbocycles. The lowest BCUT2D eigenvalue weighted by atomic mass is 9.61. The average Bonchev–Trinajstić information content (AvgIpc) is 2.43. The number of hydrogen-bond acceptors (Lipinski definition) is 1. The van der Waals surface area contributed by atoms with Crippen molar-refractivity contribution in [2.75, 3.05) is 7.05 Å². The van der Waals surface area contributed by atoms with E-state index in [4.69, 9.17) is 0 Å². The third-order valence-electron chi connectivity index (χ3n) is 5.10. The molecule has 4 bridgehead atoms. The molecule has 15 heavy (non-hydrogen) atoms. The Kier molecular flexibility index (Phi) is 2.08. The van der Waals surface area contributed by atoms with Gasteiger partial charge in [0.25, 0.3) is 0 Å². The minimum absolute atomic E-state index is 0.0353. The first-order chi connectivity index (χ1) is 7.22. The molecule has 4 saturated carbocycles. The van der Waals surface area contributed by atoms with E-state index in [1.54, 1.807) is 7.05 Å². The Balaban J connectivity index is 1.93. The van der Waals surface area contributed by atoms with Gasteiger partial charge in [0.05, 0.1) is 0 Å². The van der Waals surface area contributed by atoms with Gasteiger partial charge >= 0.3 is 0 Å². The fourth-order valence-corrected chi connectivity index (χ4v) is 4.71. The standard InChI is InChI=1S/C13H21NO/c1-14-12(15)13-3-2-9-4-10(7-13)6-11(5-9)8-13/h9-11H,2-8H2,1H3,(H,14,15)/t9?,10-,11+,13?. The van der Waals surface area contributed by atoms with E-state index in [1.807, 2.05) is 0 Å². The average molecular weight is 207 g/mol. The van der Waals surface area contributed by atoms with Gasteiger partial charge in [-0.1, -0.05) is 0 Å². The molecule has 84 valence electrons. The predicted molar refractivity (Wildman–Crippen MR) is 59.3 cm³/mol. The van der Waals surface area contributed by atoms with Crippen LogP contribution in [0.4, 0.5) is 0 Å². The van der Waals surface area contributed by atoms with E-state index >= 15 is 0 Å². The number of nitrogens with one attached hydrogen (secondary N) is 1. The van der Waals surface area contributed by atoms with Crippen LogP contribution in [0.2, 0.25) is 0 Å². The molecule has 4 rings (SSSR count). The Morgan fingerprint density at radius 1 is 1.13 bits per heavy atom. The van der Waals surface area contributed by atoms with Gasteiger partial charge in [-0.15, -0.1) is 0 Å². The summed E-state index contributed by atoms with van der Waals surface area (Å²) in [5.41, 5.74) is 0.0353. The second kappa shape index (κ2) is 3.23. The largest absolute Gasteiger partial charge is 0.359 e. The molecule has 2 heteroatoms. The number of rotatable bonds is 1. The second-order valence-corrected chi connectivity index (χ2v) is 6.11. The van der Waals surface area contributed by atoms with E-state index < -0.39 is 0 Å². The number of carbonyl (C=O) groups is 1. The molecule has 4 fully saturated rings. The number of fused-ring (bicyclic) bond motifs is 1. The molecule has 0 aromatic rings. The van der Waals surface area contributed by atoms with Gasteiger partial charge in [0.2, 0.25) is 5.91 Å². The summed E-state index contributed by atoms with van der Waals surface area (Å²) in [6.07, 6.45) is 9.06. The van der Waals surface area contributed by atoms with Gasteiger partial charge in [-0.2, -0.15) is 0 Å². The van der Waals surface area contributed by atoms with Crippen LogP contribution in [0.15, 0.2) is 0 Å². The zero-order chi connectivity index (χ0) is 10.5. The molecule has 4 aliphatic rings. The molecule has 4 atom stereocenters. The first-order valence-electron chi connectivity index (χ1n) is 6.44. The first-order valence-corrected chi connectivity index (χ1v) is 6.44. The van der Waals surface area contributed by atoms with Crippen LogP contribution in [0, 0.1) is 23.2 Å². The summed E-state index contributed by atoms with van der Waals surface area (Å²) in [6.45, 7) is 0. The van der Waals surface area contributed by atoms with Gasteiger partial charge < -0.3 is 5.32 Å². The summed E-state index contributed by atoms with van der Waals surface area (Å²) < 4.78 is 0. The summed E-state index contributed by atoms with van der Waals surface area (Å²) >= 11 is 0. The highest BCUT2D eigenvalue weighted by Crippen LogP contribution is 2.57. The molecule has 0 aromatic carbocycles. The van der Waals surface area contributed by atoms with Gasteiger partial charge in [-0.05, 0) is 62.7 Å². The van der Waals surface area contributed by atoms with E-state index in [-0.39, 0.29) is 5.41 Å². The Labute approximate surface area is 91.8 Å². The fraction of sp³-hybridized carbons (Fsp3) is 0.923. The lowest BCUT2D eigenvalue weighted by Gasteiger charge is -2.44. The van der Waals surface area contributed by atoms with Crippen molar-refractivity contribution in [3.8, 4) is 0 Å². The van der Waals surface area contributed by atoms with Crippen molar-refractivity contribution in [1.29, 1.82) is 0 Å². The molecule has 0 aromatic heterocycles. The van der Waals surface area contributed by atoms with Gasteiger partial charge in [-0.3, -0.25) is 4.79 Å². The van der Waals surface area contributed by atoms with Crippen molar-refractivity contribution >= 4 is 5.91 Å². The second-order valence-electron chi connectivity index (χ2n) is 6.11. The Hall–Kier alpha value is -0.530. The molecular weight excluding hydrogens is 186 g/mol. The van der Waals surface area contributed by atoms with Crippen LogP contribution in [0.3, 0.4) is 0 Å². The highest BCUT2D eigenvalue weighted by molar-refractivity contribution is 5.82. The van der Waals surface area contributed by atoms with Crippen molar-refractivity contribution < 1.29 is 4.79 Å². The zero-order valence-electron chi connectivity index (χ0n) is 9.59. The Bertz CT molecular complexity index is 272. The van der Waals surface area contributed by atoms with Crippen LogP contribution < -0.4 is 5.32 Å². The summed E-state index contributed by atoms with van der Waals surface area (Å²) in [5, 5.41) is 2.91. The highest BCUT2D eigenvalue weighted by atomic mass is 16.2. The van der Waals surface area contributed by atoms with Gasteiger partial charge in [0.15, 0.2) is 0 Å². The topological polar surface area (TPSA) is 29.1 Å². The normalized spacial score (nSPS) is 47.7. The van der Waals surface area contributed by atoms with E-state index in [2.05, 4.69) is 5.32 Å².